The Labute approximate surface area is 181 Å². The average molecular weight is 432 g/mol. The lowest BCUT2D eigenvalue weighted by Gasteiger charge is -2.08. The Bertz CT molecular complexity index is 1300. The van der Waals surface area contributed by atoms with Crippen LogP contribution < -0.4 is 4.74 Å². The second-order valence-corrected chi connectivity index (χ2v) is 6.92. The Kier molecular flexibility index (Phi) is 5.58. The average Bonchev–Trinajstić information content (AvgIpc) is 3.28. The van der Waals surface area contributed by atoms with Crippen LogP contribution in [0.15, 0.2) is 71.3 Å². The molecule has 4 aromatic rings. The highest BCUT2D eigenvalue weighted by Gasteiger charge is 2.14. The summed E-state index contributed by atoms with van der Waals surface area (Å²) < 4.78 is 11.1. The maximum absolute atomic E-state index is 10.9. The van der Waals surface area contributed by atoms with Gasteiger partial charge < -0.3 is 9.26 Å². The van der Waals surface area contributed by atoms with Gasteiger partial charge in [0.2, 0.25) is 5.82 Å². The van der Waals surface area contributed by atoms with Crippen LogP contribution in [0.25, 0.3) is 22.8 Å². The number of ether oxygens (including phenoxy) is 1. The third kappa shape index (κ3) is 4.43. The molecule has 0 saturated heterocycles. The molecule has 4 rings (SSSR count). The highest BCUT2D eigenvalue weighted by molar-refractivity contribution is 5.61. The molecule has 1 heterocycles. The normalized spacial score (nSPS) is 10.7. The van der Waals surface area contributed by atoms with E-state index in [1.165, 1.54) is 18.2 Å². The number of rotatable bonds is 7. The van der Waals surface area contributed by atoms with Gasteiger partial charge in [-0.05, 0) is 48.9 Å². The van der Waals surface area contributed by atoms with Crippen molar-refractivity contribution in [1.29, 1.82) is 0 Å². The quantitative estimate of drug-likeness (QED) is 0.290. The summed E-state index contributed by atoms with van der Waals surface area (Å²) in [5, 5.41) is 25.7. The SMILES string of the molecule is Cc1cc(OCc2cccc(-c3nc(-c4ccc([N+](=O)[O-])cc4)no3)c2)ccc1[N+](=O)[O-]. The number of hydrogen-bond donors (Lipinski definition) is 0. The van der Waals surface area contributed by atoms with Gasteiger partial charge in [-0.2, -0.15) is 4.98 Å². The van der Waals surface area contributed by atoms with Gasteiger partial charge in [-0.3, -0.25) is 20.2 Å². The summed E-state index contributed by atoms with van der Waals surface area (Å²) in [7, 11) is 0. The standard InChI is InChI=1S/C22H16N4O6/c1-14-11-19(9-10-20(14)26(29)30)31-13-15-3-2-4-17(12-15)22-23-21(24-32-22)16-5-7-18(8-6-16)25(27)28/h2-12H,13H2,1H3. The van der Waals surface area contributed by atoms with E-state index in [0.29, 0.717) is 34.2 Å². The number of nitro benzene ring substituents is 2. The van der Waals surface area contributed by atoms with Crippen molar-refractivity contribution >= 4 is 11.4 Å². The van der Waals surface area contributed by atoms with Crippen LogP contribution >= 0.6 is 0 Å². The second-order valence-electron chi connectivity index (χ2n) is 6.92. The minimum Gasteiger partial charge on any atom is -0.489 e. The maximum atomic E-state index is 10.9. The molecule has 0 bridgehead atoms. The summed E-state index contributed by atoms with van der Waals surface area (Å²) in [6, 6.07) is 17.8. The molecule has 0 aliphatic heterocycles. The van der Waals surface area contributed by atoms with Gasteiger partial charge in [-0.1, -0.05) is 17.3 Å². The molecular formula is C22H16N4O6. The Morgan fingerprint density at radius 2 is 1.72 bits per heavy atom. The van der Waals surface area contributed by atoms with E-state index in [9.17, 15) is 20.2 Å². The van der Waals surface area contributed by atoms with Crippen LogP contribution in [0, 0.1) is 27.2 Å². The first-order chi connectivity index (χ1) is 15.4. The third-order valence-corrected chi connectivity index (χ3v) is 4.71. The molecule has 0 saturated carbocycles. The van der Waals surface area contributed by atoms with E-state index in [1.54, 1.807) is 31.2 Å². The Hall–Kier alpha value is -4.60. The smallest absolute Gasteiger partial charge is 0.272 e. The van der Waals surface area contributed by atoms with E-state index in [1.807, 2.05) is 24.3 Å². The van der Waals surface area contributed by atoms with Gasteiger partial charge in [0, 0.05) is 34.9 Å². The molecule has 10 heteroatoms. The fraction of sp³-hybridized carbons (Fsp3) is 0.0909. The number of nitro groups is 2. The van der Waals surface area contributed by atoms with Crippen molar-refractivity contribution in [2.75, 3.05) is 0 Å². The number of aromatic nitrogens is 2. The summed E-state index contributed by atoms with van der Waals surface area (Å²) in [6.07, 6.45) is 0. The molecule has 0 aliphatic rings. The highest BCUT2D eigenvalue weighted by atomic mass is 16.6. The molecule has 0 unspecified atom stereocenters. The lowest BCUT2D eigenvalue weighted by atomic mass is 10.1. The van der Waals surface area contributed by atoms with E-state index in [-0.39, 0.29) is 18.0 Å². The Morgan fingerprint density at radius 3 is 2.41 bits per heavy atom. The van der Waals surface area contributed by atoms with Crippen LogP contribution in [0.4, 0.5) is 11.4 Å². The van der Waals surface area contributed by atoms with E-state index in [2.05, 4.69) is 10.1 Å². The molecule has 32 heavy (non-hydrogen) atoms. The zero-order valence-electron chi connectivity index (χ0n) is 16.8. The molecule has 0 fully saturated rings. The molecule has 0 spiro atoms. The van der Waals surface area contributed by atoms with Gasteiger partial charge in [-0.25, -0.2) is 0 Å². The first kappa shape index (κ1) is 20.7. The van der Waals surface area contributed by atoms with Gasteiger partial charge in [0.05, 0.1) is 9.85 Å². The van der Waals surface area contributed by atoms with Gasteiger partial charge in [0.15, 0.2) is 0 Å². The van der Waals surface area contributed by atoms with Crippen molar-refractivity contribution < 1.29 is 19.1 Å². The maximum Gasteiger partial charge on any atom is 0.272 e. The number of hydrogen-bond acceptors (Lipinski definition) is 8. The largest absolute Gasteiger partial charge is 0.489 e. The highest BCUT2D eigenvalue weighted by Crippen LogP contribution is 2.26. The van der Waals surface area contributed by atoms with Crippen LogP contribution in [0.2, 0.25) is 0 Å². The van der Waals surface area contributed by atoms with Crippen molar-refractivity contribution in [1.82, 2.24) is 10.1 Å². The molecular weight excluding hydrogens is 416 g/mol. The summed E-state index contributed by atoms with van der Waals surface area (Å²) >= 11 is 0. The topological polar surface area (TPSA) is 134 Å². The fourth-order valence-corrected chi connectivity index (χ4v) is 3.07. The van der Waals surface area contributed by atoms with Crippen LogP contribution in [0.1, 0.15) is 11.1 Å². The summed E-state index contributed by atoms with van der Waals surface area (Å²) in [5.74, 6) is 1.14. The van der Waals surface area contributed by atoms with E-state index in [0.717, 1.165) is 5.56 Å². The monoisotopic (exact) mass is 432 g/mol. The number of nitrogens with zero attached hydrogens (tertiary/aromatic N) is 4. The van der Waals surface area contributed by atoms with Gasteiger partial charge in [0.25, 0.3) is 17.3 Å². The molecule has 160 valence electrons. The van der Waals surface area contributed by atoms with Crippen molar-refractivity contribution in [2.45, 2.75) is 13.5 Å². The van der Waals surface area contributed by atoms with Gasteiger partial charge >= 0.3 is 0 Å². The number of non-ortho nitro benzene ring substituents is 1. The van der Waals surface area contributed by atoms with Crippen LogP contribution in [0.3, 0.4) is 0 Å². The number of benzene rings is 3. The van der Waals surface area contributed by atoms with E-state index in [4.69, 9.17) is 9.26 Å². The molecule has 0 N–H and O–H groups in total. The zero-order valence-corrected chi connectivity index (χ0v) is 16.8. The van der Waals surface area contributed by atoms with Crippen molar-refractivity contribution in [3.63, 3.8) is 0 Å². The van der Waals surface area contributed by atoms with Gasteiger partial charge in [0.1, 0.15) is 12.4 Å². The zero-order chi connectivity index (χ0) is 22.7. The molecule has 3 aromatic carbocycles. The summed E-state index contributed by atoms with van der Waals surface area (Å²) in [5.41, 5.74) is 2.66. The molecule has 10 nitrogen and oxygen atoms in total. The molecule has 0 atom stereocenters. The van der Waals surface area contributed by atoms with E-state index < -0.39 is 9.85 Å². The van der Waals surface area contributed by atoms with E-state index >= 15 is 0 Å². The lowest BCUT2D eigenvalue weighted by molar-refractivity contribution is -0.385. The van der Waals surface area contributed by atoms with Crippen LogP contribution in [-0.2, 0) is 6.61 Å². The molecule has 0 amide bonds. The Balaban J connectivity index is 1.48. The van der Waals surface area contributed by atoms with Crippen molar-refractivity contribution in [2.24, 2.45) is 0 Å². The van der Waals surface area contributed by atoms with Crippen molar-refractivity contribution in [3.05, 3.63) is 98.1 Å². The minimum absolute atomic E-state index is 0.0200. The first-order valence-corrected chi connectivity index (χ1v) is 9.46. The summed E-state index contributed by atoms with van der Waals surface area (Å²) in [4.78, 5) is 25.2. The van der Waals surface area contributed by atoms with Crippen LogP contribution in [-0.4, -0.2) is 20.0 Å². The summed E-state index contributed by atoms with van der Waals surface area (Å²) in [6.45, 7) is 1.90. The second kappa shape index (κ2) is 8.64. The van der Waals surface area contributed by atoms with Crippen molar-refractivity contribution in [3.8, 4) is 28.6 Å². The third-order valence-electron chi connectivity index (χ3n) is 4.71. The lowest BCUT2D eigenvalue weighted by Crippen LogP contribution is -1.97. The predicted molar refractivity (Wildman–Crippen MR) is 114 cm³/mol. The predicted octanol–water partition coefficient (Wildman–Crippen LogP) is 5.11. The molecule has 0 aliphatic carbocycles. The Morgan fingerprint density at radius 1 is 0.938 bits per heavy atom. The minimum atomic E-state index is -0.475. The molecule has 0 radical (unpaired) electrons. The van der Waals surface area contributed by atoms with Crippen LogP contribution in [0.5, 0.6) is 5.75 Å². The molecule has 1 aromatic heterocycles. The fourth-order valence-electron chi connectivity index (χ4n) is 3.07. The first-order valence-electron chi connectivity index (χ1n) is 9.46. The number of aryl methyl sites for hydroxylation is 1. The van der Waals surface area contributed by atoms with Gasteiger partial charge in [-0.15, -0.1) is 0 Å².